The van der Waals surface area contributed by atoms with Crippen molar-refractivity contribution in [2.24, 2.45) is 0 Å². The Morgan fingerprint density at radius 1 is 0.700 bits per heavy atom. The Hall–Kier alpha value is -0.610. The topological polar surface area (TPSA) is 44.8 Å². The van der Waals surface area contributed by atoms with E-state index < -0.39 is 0 Å². The quantitative estimate of drug-likeness (QED) is 0.124. The van der Waals surface area contributed by atoms with Crippen molar-refractivity contribution in [3.05, 3.63) is 0 Å². The molecule has 0 radical (unpaired) electrons. The lowest BCUT2D eigenvalue weighted by Gasteiger charge is -2.20. The molecule has 0 saturated heterocycles. The van der Waals surface area contributed by atoms with Gasteiger partial charge in [-0.3, -0.25) is 4.79 Å². The molecule has 0 aliphatic heterocycles. The van der Waals surface area contributed by atoms with Gasteiger partial charge in [0.1, 0.15) is 0 Å². The summed E-state index contributed by atoms with van der Waals surface area (Å²) in [7, 11) is 0. The molecule has 0 fully saturated rings. The lowest BCUT2D eigenvalue weighted by atomic mass is 10.0. The molecule has 4 heteroatoms. The molecule has 2 unspecified atom stereocenters. The van der Waals surface area contributed by atoms with Crippen molar-refractivity contribution in [2.45, 2.75) is 143 Å². The molecule has 4 nitrogen and oxygen atoms in total. The molecule has 0 bridgehead atoms. The Morgan fingerprint density at radius 2 is 1.20 bits per heavy atom. The lowest BCUT2D eigenvalue weighted by Crippen LogP contribution is -2.24. The molecule has 0 aliphatic rings. The lowest BCUT2D eigenvalue weighted by molar-refractivity contribution is -0.143. The van der Waals surface area contributed by atoms with E-state index in [9.17, 15) is 4.79 Å². The average molecular weight is 429 g/mol. The Balaban J connectivity index is 3.22. The van der Waals surface area contributed by atoms with Crippen LogP contribution in [0.1, 0.15) is 130 Å². The fourth-order valence-electron chi connectivity index (χ4n) is 3.54. The van der Waals surface area contributed by atoms with Crippen molar-refractivity contribution < 1.29 is 19.0 Å². The summed E-state index contributed by atoms with van der Waals surface area (Å²) in [6, 6.07) is 0. The minimum absolute atomic E-state index is 0.0400. The van der Waals surface area contributed by atoms with E-state index in [0.29, 0.717) is 19.1 Å². The van der Waals surface area contributed by atoms with E-state index in [4.69, 9.17) is 14.2 Å². The third-order valence-corrected chi connectivity index (χ3v) is 5.73. The van der Waals surface area contributed by atoms with Gasteiger partial charge >= 0.3 is 5.97 Å². The SMILES string of the molecule is CCOC(=O)CCCCCCCCCCCCCCCOCC(CC)OC(C)CC. The zero-order chi connectivity index (χ0) is 22.3. The first-order valence-corrected chi connectivity index (χ1v) is 13.0. The van der Waals surface area contributed by atoms with E-state index in [1.807, 2.05) is 6.92 Å². The fraction of sp³-hybridized carbons (Fsp3) is 0.962. The van der Waals surface area contributed by atoms with Crippen LogP contribution in [0.25, 0.3) is 0 Å². The van der Waals surface area contributed by atoms with Crippen LogP contribution in [0, 0.1) is 0 Å². The van der Waals surface area contributed by atoms with Gasteiger partial charge in [0.05, 0.1) is 25.4 Å². The maximum absolute atomic E-state index is 11.2. The van der Waals surface area contributed by atoms with Crippen molar-refractivity contribution in [2.75, 3.05) is 19.8 Å². The van der Waals surface area contributed by atoms with E-state index in [1.54, 1.807) is 0 Å². The molecule has 0 aromatic carbocycles. The first-order chi connectivity index (χ1) is 14.6. The molecule has 0 amide bonds. The van der Waals surface area contributed by atoms with Crippen LogP contribution in [0.5, 0.6) is 0 Å². The zero-order valence-corrected chi connectivity index (χ0v) is 20.7. The van der Waals surface area contributed by atoms with Crippen molar-refractivity contribution in [3.63, 3.8) is 0 Å². The molecular formula is C26H52O4. The molecule has 0 heterocycles. The number of ether oxygens (including phenoxy) is 3. The molecule has 0 rings (SSSR count). The van der Waals surface area contributed by atoms with Gasteiger partial charge in [-0.05, 0) is 39.5 Å². The number of unbranched alkanes of at least 4 members (excludes halogenated alkanes) is 12. The highest BCUT2D eigenvalue weighted by Crippen LogP contribution is 2.13. The molecule has 180 valence electrons. The second kappa shape index (κ2) is 23.1. The van der Waals surface area contributed by atoms with Gasteiger partial charge in [-0.25, -0.2) is 0 Å². The average Bonchev–Trinajstić information content (AvgIpc) is 2.74. The van der Waals surface area contributed by atoms with Crippen LogP contribution < -0.4 is 0 Å². The Morgan fingerprint density at radius 3 is 1.67 bits per heavy atom. The van der Waals surface area contributed by atoms with Crippen molar-refractivity contribution in [3.8, 4) is 0 Å². The molecule has 0 aromatic heterocycles. The first kappa shape index (κ1) is 29.4. The van der Waals surface area contributed by atoms with Crippen molar-refractivity contribution in [1.82, 2.24) is 0 Å². The van der Waals surface area contributed by atoms with E-state index in [0.717, 1.165) is 38.9 Å². The van der Waals surface area contributed by atoms with Crippen LogP contribution >= 0.6 is 0 Å². The van der Waals surface area contributed by atoms with Crippen LogP contribution in [-0.4, -0.2) is 38.0 Å². The molecule has 2 atom stereocenters. The third kappa shape index (κ3) is 20.7. The summed E-state index contributed by atoms with van der Waals surface area (Å²) in [6.07, 6.45) is 20.0. The summed E-state index contributed by atoms with van der Waals surface area (Å²) in [6.45, 7) is 10.5. The highest BCUT2D eigenvalue weighted by molar-refractivity contribution is 5.69. The summed E-state index contributed by atoms with van der Waals surface area (Å²) in [5, 5.41) is 0. The van der Waals surface area contributed by atoms with Gasteiger partial charge < -0.3 is 14.2 Å². The van der Waals surface area contributed by atoms with Crippen molar-refractivity contribution >= 4 is 5.97 Å². The number of esters is 1. The second-order valence-corrected chi connectivity index (χ2v) is 8.61. The van der Waals surface area contributed by atoms with Crippen LogP contribution in [-0.2, 0) is 19.0 Å². The smallest absolute Gasteiger partial charge is 0.305 e. The summed E-state index contributed by atoms with van der Waals surface area (Å²) in [5.74, 6) is -0.0400. The Labute approximate surface area is 187 Å². The number of hydrogen-bond donors (Lipinski definition) is 0. The Kier molecular flexibility index (Phi) is 22.6. The zero-order valence-electron chi connectivity index (χ0n) is 20.7. The van der Waals surface area contributed by atoms with Crippen LogP contribution in [0.2, 0.25) is 0 Å². The molecule has 0 saturated carbocycles. The van der Waals surface area contributed by atoms with E-state index >= 15 is 0 Å². The predicted molar refractivity (Wildman–Crippen MR) is 127 cm³/mol. The number of hydrogen-bond acceptors (Lipinski definition) is 4. The minimum atomic E-state index is -0.0400. The largest absolute Gasteiger partial charge is 0.466 e. The first-order valence-electron chi connectivity index (χ1n) is 13.0. The summed E-state index contributed by atoms with van der Waals surface area (Å²) >= 11 is 0. The number of carbonyl (C=O) groups excluding carboxylic acids is 1. The fourth-order valence-corrected chi connectivity index (χ4v) is 3.54. The predicted octanol–water partition coefficient (Wildman–Crippen LogP) is 7.62. The monoisotopic (exact) mass is 428 g/mol. The van der Waals surface area contributed by atoms with Gasteiger partial charge in [-0.2, -0.15) is 0 Å². The molecule has 0 spiro atoms. The normalized spacial score (nSPS) is 13.3. The van der Waals surface area contributed by atoms with E-state index in [2.05, 4.69) is 20.8 Å². The third-order valence-electron chi connectivity index (χ3n) is 5.73. The van der Waals surface area contributed by atoms with Gasteiger partial charge in [0.25, 0.3) is 0 Å². The Bertz CT molecular complexity index is 359. The maximum atomic E-state index is 11.2. The number of carbonyl (C=O) groups is 1. The molecule has 0 N–H and O–H groups in total. The summed E-state index contributed by atoms with van der Waals surface area (Å²) < 4.78 is 16.7. The summed E-state index contributed by atoms with van der Waals surface area (Å²) in [5.41, 5.74) is 0. The minimum Gasteiger partial charge on any atom is -0.466 e. The van der Waals surface area contributed by atoms with Crippen molar-refractivity contribution in [1.29, 1.82) is 0 Å². The molecule has 0 aliphatic carbocycles. The highest BCUT2D eigenvalue weighted by atomic mass is 16.5. The van der Waals surface area contributed by atoms with Gasteiger partial charge in [-0.1, -0.05) is 84.5 Å². The van der Waals surface area contributed by atoms with E-state index in [1.165, 1.54) is 70.6 Å². The van der Waals surface area contributed by atoms with Gasteiger partial charge in [0, 0.05) is 13.0 Å². The van der Waals surface area contributed by atoms with Gasteiger partial charge in [-0.15, -0.1) is 0 Å². The maximum Gasteiger partial charge on any atom is 0.305 e. The molecule has 0 aromatic rings. The molecule has 30 heavy (non-hydrogen) atoms. The van der Waals surface area contributed by atoms with Gasteiger partial charge in [0.2, 0.25) is 0 Å². The van der Waals surface area contributed by atoms with E-state index in [-0.39, 0.29) is 12.1 Å². The molecular weight excluding hydrogens is 376 g/mol. The summed E-state index contributed by atoms with van der Waals surface area (Å²) in [4.78, 5) is 11.2. The second-order valence-electron chi connectivity index (χ2n) is 8.61. The van der Waals surface area contributed by atoms with Crippen LogP contribution in [0.4, 0.5) is 0 Å². The van der Waals surface area contributed by atoms with Gasteiger partial charge in [0.15, 0.2) is 0 Å². The van der Waals surface area contributed by atoms with Crippen LogP contribution in [0.15, 0.2) is 0 Å². The highest BCUT2D eigenvalue weighted by Gasteiger charge is 2.10. The van der Waals surface area contributed by atoms with Crippen LogP contribution in [0.3, 0.4) is 0 Å². The number of rotatable bonds is 23. The standard InChI is InChI=1S/C26H52O4/c1-5-24(4)30-25(6-2)23-28-22-20-18-16-14-12-10-8-9-11-13-15-17-19-21-26(27)29-7-3/h24-25H,5-23H2,1-4H3.